The Morgan fingerprint density at radius 3 is 2.63 bits per heavy atom. The quantitative estimate of drug-likeness (QED) is 0.457. The molecule has 0 bridgehead atoms. The van der Waals surface area contributed by atoms with Crippen molar-refractivity contribution in [3.05, 3.63) is 68.8 Å². The van der Waals surface area contributed by atoms with Crippen LogP contribution in [-0.2, 0) is 11.2 Å². The molecule has 0 aliphatic heterocycles. The van der Waals surface area contributed by atoms with E-state index in [-0.39, 0.29) is 29.9 Å². The molecule has 0 radical (unpaired) electrons. The van der Waals surface area contributed by atoms with Gasteiger partial charge in [0.15, 0.2) is 5.75 Å². The Hall–Kier alpha value is -3.22. The number of carbonyl (C=O) groups excluding carboxylic acids is 1. The van der Waals surface area contributed by atoms with Gasteiger partial charge in [-0.2, -0.15) is 5.10 Å². The molecular formula is C20H23N3O4. The number of nitrogens with zero attached hydrogens (tertiary/aromatic N) is 2. The summed E-state index contributed by atoms with van der Waals surface area (Å²) < 4.78 is 5.43. The van der Waals surface area contributed by atoms with E-state index in [1.807, 2.05) is 32.0 Å². The van der Waals surface area contributed by atoms with Crippen LogP contribution >= 0.6 is 0 Å². The second kappa shape index (κ2) is 8.93. The summed E-state index contributed by atoms with van der Waals surface area (Å²) in [4.78, 5) is 22.7. The van der Waals surface area contributed by atoms with Gasteiger partial charge in [0.2, 0.25) is 5.91 Å². The second-order valence-electron chi connectivity index (χ2n) is 6.55. The van der Waals surface area contributed by atoms with Crippen molar-refractivity contribution in [1.82, 2.24) is 5.43 Å². The lowest BCUT2D eigenvalue weighted by Gasteiger charge is -2.10. The van der Waals surface area contributed by atoms with Gasteiger partial charge in [-0.15, -0.1) is 0 Å². The summed E-state index contributed by atoms with van der Waals surface area (Å²) in [7, 11) is 0. The second-order valence-corrected chi connectivity index (χ2v) is 6.55. The molecule has 0 aliphatic carbocycles. The molecule has 2 aromatic carbocycles. The zero-order valence-corrected chi connectivity index (χ0v) is 15.9. The van der Waals surface area contributed by atoms with Crippen LogP contribution in [0.5, 0.6) is 5.75 Å². The molecule has 0 spiro atoms. The maximum atomic E-state index is 12.0. The minimum atomic E-state index is -0.506. The Morgan fingerprint density at radius 1 is 1.26 bits per heavy atom. The van der Waals surface area contributed by atoms with Gasteiger partial charge in [-0.05, 0) is 51.0 Å². The van der Waals surface area contributed by atoms with Gasteiger partial charge in [-0.25, -0.2) is 5.43 Å². The maximum absolute atomic E-state index is 12.0. The summed E-state index contributed by atoms with van der Waals surface area (Å²) in [6, 6.07) is 10.4. The van der Waals surface area contributed by atoms with E-state index >= 15 is 0 Å². The highest BCUT2D eigenvalue weighted by atomic mass is 16.6. The molecule has 2 rings (SSSR count). The van der Waals surface area contributed by atoms with Crippen molar-refractivity contribution < 1.29 is 14.5 Å². The van der Waals surface area contributed by atoms with Crippen molar-refractivity contribution in [3.63, 3.8) is 0 Å². The number of amides is 1. The lowest BCUT2D eigenvalue weighted by atomic mass is 10.0. The number of aryl methyl sites for hydroxylation is 2. The van der Waals surface area contributed by atoms with Gasteiger partial charge in [0, 0.05) is 11.6 Å². The van der Waals surface area contributed by atoms with E-state index in [1.54, 1.807) is 19.9 Å². The van der Waals surface area contributed by atoms with E-state index < -0.39 is 4.92 Å². The molecule has 1 amide bonds. The number of ether oxygens (including phenoxy) is 1. The minimum absolute atomic E-state index is 0.144. The Bertz CT molecular complexity index is 876. The first-order valence-electron chi connectivity index (χ1n) is 8.59. The van der Waals surface area contributed by atoms with Gasteiger partial charge in [0.05, 0.1) is 23.7 Å². The number of nitro benzene ring substituents is 1. The molecule has 142 valence electrons. The lowest BCUT2D eigenvalue weighted by Crippen LogP contribution is -2.20. The molecule has 0 fully saturated rings. The van der Waals surface area contributed by atoms with Crippen molar-refractivity contribution in [2.24, 2.45) is 5.10 Å². The number of carbonyl (C=O) groups is 1. The summed E-state index contributed by atoms with van der Waals surface area (Å²) in [6.45, 7) is 7.55. The normalized spacial score (nSPS) is 11.0. The SMILES string of the molecule is Cc1ccc(CC(=O)N/N=C\c2ccc(OC(C)C)c([N+](=O)[O-])c2)c(C)c1. The molecule has 27 heavy (non-hydrogen) atoms. The molecule has 7 nitrogen and oxygen atoms in total. The number of benzene rings is 2. The molecule has 7 heteroatoms. The first-order chi connectivity index (χ1) is 12.8. The predicted octanol–water partition coefficient (Wildman–Crippen LogP) is 3.69. The molecular weight excluding hydrogens is 346 g/mol. The van der Waals surface area contributed by atoms with Crippen molar-refractivity contribution in [3.8, 4) is 5.75 Å². The van der Waals surface area contributed by atoms with Gasteiger partial charge in [-0.3, -0.25) is 14.9 Å². The summed E-state index contributed by atoms with van der Waals surface area (Å²) in [5, 5.41) is 15.1. The fourth-order valence-electron chi connectivity index (χ4n) is 2.55. The summed E-state index contributed by atoms with van der Waals surface area (Å²) in [5.41, 5.74) is 5.91. The molecule has 0 aromatic heterocycles. The third-order valence-corrected chi connectivity index (χ3v) is 3.79. The van der Waals surface area contributed by atoms with E-state index in [0.29, 0.717) is 5.56 Å². The summed E-state index contributed by atoms with van der Waals surface area (Å²) in [6.07, 6.45) is 1.41. The van der Waals surface area contributed by atoms with Gasteiger partial charge >= 0.3 is 5.69 Å². The van der Waals surface area contributed by atoms with Gasteiger partial charge in [0.25, 0.3) is 0 Å². The average Bonchev–Trinajstić information content (AvgIpc) is 2.58. The molecule has 0 saturated carbocycles. The van der Waals surface area contributed by atoms with Crippen molar-refractivity contribution >= 4 is 17.8 Å². The maximum Gasteiger partial charge on any atom is 0.311 e. The van der Waals surface area contributed by atoms with Gasteiger partial charge < -0.3 is 4.74 Å². The van der Waals surface area contributed by atoms with E-state index in [0.717, 1.165) is 16.7 Å². The van der Waals surface area contributed by atoms with Crippen LogP contribution in [0.15, 0.2) is 41.5 Å². The van der Waals surface area contributed by atoms with Crippen molar-refractivity contribution in [2.45, 2.75) is 40.2 Å². The Morgan fingerprint density at radius 2 is 2.00 bits per heavy atom. The largest absolute Gasteiger partial charge is 0.484 e. The highest BCUT2D eigenvalue weighted by Gasteiger charge is 2.16. The number of hydrogen-bond acceptors (Lipinski definition) is 5. The molecule has 0 saturated heterocycles. The Labute approximate surface area is 158 Å². The fraction of sp³-hybridized carbons (Fsp3) is 0.300. The molecule has 2 aromatic rings. The van der Waals surface area contributed by atoms with Crippen LogP contribution < -0.4 is 10.2 Å². The molecule has 0 atom stereocenters. The first-order valence-corrected chi connectivity index (χ1v) is 8.59. The summed E-state index contributed by atoms with van der Waals surface area (Å²) >= 11 is 0. The molecule has 0 unspecified atom stereocenters. The van der Waals surface area contributed by atoms with Gasteiger partial charge in [-0.1, -0.05) is 23.8 Å². The highest BCUT2D eigenvalue weighted by Crippen LogP contribution is 2.28. The third-order valence-electron chi connectivity index (χ3n) is 3.79. The van der Waals surface area contributed by atoms with E-state index in [2.05, 4.69) is 10.5 Å². The number of nitrogens with one attached hydrogen (secondary N) is 1. The van der Waals surface area contributed by atoms with Crippen LogP contribution in [0.25, 0.3) is 0 Å². The zero-order chi connectivity index (χ0) is 20.0. The monoisotopic (exact) mass is 369 g/mol. The number of rotatable bonds is 7. The van der Waals surface area contributed by atoms with Crippen LogP contribution in [-0.4, -0.2) is 23.1 Å². The van der Waals surface area contributed by atoms with Crippen molar-refractivity contribution in [2.75, 3.05) is 0 Å². The van der Waals surface area contributed by atoms with Gasteiger partial charge in [0.1, 0.15) is 0 Å². The number of hydrogen-bond donors (Lipinski definition) is 1. The Kier molecular flexibility index (Phi) is 6.65. The lowest BCUT2D eigenvalue weighted by molar-refractivity contribution is -0.386. The molecule has 0 aliphatic rings. The fourth-order valence-corrected chi connectivity index (χ4v) is 2.55. The summed E-state index contributed by atoms with van der Waals surface area (Å²) in [5.74, 6) is -0.0569. The van der Waals surface area contributed by atoms with Crippen LogP contribution in [0.2, 0.25) is 0 Å². The van der Waals surface area contributed by atoms with Crippen LogP contribution in [0.4, 0.5) is 5.69 Å². The molecule has 0 heterocycles. The third kappa shape index (κ3) is 5.91. The van der Waals surface area contributed by atoms with Crippen LogP contribution in [0, 0.1) is 24.0 Å². The zero-order valence-electron chi connectivity index (χ0n) is 15.9. The first kappa shape index (κ1) is 20.1. The topological polar surface area (TPSA) is 93.8 Å². The van der Waals surface area contributed by atoms with E-state index in [9.17, 15) is 14.9 Å². The minimum Gasteiger partial charge on any atom is -0.484 e. The number of hydrazone groups is 1. The van der Waals surface area contributed by atoms with Crippen LogP contribution in [0.1, 0.15) is 36.1 Å². The van der Waals surface area contributed by atoms with Crippen LogP contribution in [0.3, 0.4) is 0 Å². The predicted molar refractivity (Wildman–Crippen MR) is 104 cm³/mol. The molecule has 1 N–H and O–H groups in total. The van der Waals surface area contributed by atoms with Crippen molar-refractivity contribution in [1.29, 1.82) is 0 Å². The van der Waals surface area contributed by atoms with E-state index in [4.69, 9.17) is 4.74 Å². The number of nitro groups is 1. The highest BCUT2D eigenvalue weighted by molar-refractivity contribution is 5.84. The Balaban J connectivity index is 2.03. The standard InChI is InChI=1S/C20H23N3O4/c1-13(2)27-19-8-6-16(10-18(19)23(25)26)12-21-22-20(24)11-17-7-5-14(3)9-15(17)4/h5-10,12-13H,11H2,1-4H3,(H,22,24)/b21-12-. The van der Waals surface area contributed by atoms with E-state index in [1.165, 1.54) is 18.3 Å². The average molecular weight is 369 g/mol. The smallest absolute Gasteiger partial charge is 0.311 e.